The van der Waals surface area contributed by atoms with Crippen LogP contribution in [0.15, 0.2) is 18.2 Å². The highest BCUT2D eigenvalue weighted by molar-refractivity contribution is 5.66. The van der Waals surface area contributed by atoms with Crippen LogP contribution in [0.4, 0.5) is 0 Å². The van der Waals surface area contributed by atoms with Crippen LogP contribution in [0.25, 0.3) is 0 Å². The zero-order chi connectivity index (χ0) is 13.4. The van der Waals surface area contributed by atoms with Crippen LogP contribution in [0.3, 0.4) is 0 Å². The minimum Gasteiger partial charge on any atom is -0.481 e. The molecule has 0 aromatic heterocycles. The number of hydrogen-bond acceptors (Lipinski definition) is 2. The van der Waals surface area contributed by atoms with Crippen molar-refractivity contribution < 1.29 is 9.90 Å². The lowest BCUT2D eigenvalue weighted by Crippen LogP contribution is -2.19. The molecule has 1 aromatic rings. The quantitative estimate of drug-likeness (QED) is 0.696. The van der Waals surface area contributed by atoms with E-state index >= 15 is 0 Å². The first-order chi connectivity index (χ1) is 8.59. The first-order valence-corrected chi connectivity index (χ1v) is 6.58. The average molecular weight is 249 g/mol. The fourth-order valence-corrected chi connectivity index (χ4v) is 1.94. The number of aryl methyl sites for hydroxylation is 2. The Kier molecular flexibility index (Phi) is 6.44. The number of carboxylic acids is 1. The summed E-state index contributed by atoms with van der Waals surface area (Å²) in [5, 5.41) is 11.9. The highest BCUT2D eigenvalue weighted by Gasteiger charge is 1.99. The molecule has 0 bridgehead atoms. The van der Waals surface area contributed by atoms with Crippen LogP contribution in [0.1, 0.15) is 36.0 Å². The Morgan fingerprint density at radius 1 is 1.22 bits per heavy atom. The maximum atomic E-state index is 10.3. The molecule has 0 spiro atoms. The van der Waals surface area contributed by atoms with Crippen LogP contribution in [0.2, 0.25) is 0 Å². The van der Waals surface area contributed by atoms with Gasteiger partial charge in [0.1, 0.15) is 0 Å². The molecule has 0 saturated heterocycles. The molecule has 0 unspecified atom stereocenters. The summed E-state index contributed by atoms with van der Waals surface area (Å²) < 4.78 is 0. The summed E-state index contributed by atoms with van der Waals surface area (Å²) in [7, 11) is 0. The van der Waals surface area contributed by atoms with Gasteiger partial charge in [0.05, 0.1) is 0 Å². The number of carbonyl (C=O) groups is 1. The molecular weight excluding hydrogens is 226 g/mol. The second kappa shape index (κ2) is 7.88. The third kappa shape index (κ3) is 5.82. The van der Waals surface area contributed by atoms with Crippen molar-refractivity contribution in [1.82, 2.24) is 5.32 Å². The highest BCUT2D eigenvalue weighted by atomic mass is 16.4. The van der Waals surface area contributed by atoms with E-state index in [1.54, 1.807) is 0 Å². The van der Waals surface area contributed by atoms with Crippen LogP contribution in [-0.4, -0.2) is 24.2 Å². The Bertz CT molecular complexity index is 388. The molecule has 0 atom stereocenters. The molecule has 18 heavy (non-hydrogen) atoms. The zero-order valence-electron chi connectivity index (χ0n) is 11.3. The lowest BCUT2D eigenvalue weighted by atomic mass is 10.0. The molecule has 1 rings (SSSR count). The number of hydrogen-bond donors (Lipinski definition) is 2. The number of aliphatic carboxylic acids is 1. The number of benzene rings is 1. The topological polar surface area (TPSA) is 49.3 Å². The largest absolute Gasteiger partial charge is 0.481 e. The molecule has 0 heterocycles. The van der Waals surface area contributed by atoms with E-state index in [-0.39, 0.29) is 6.42 Å². The molecule has 0 fully saturated rings. The van der Waals surface area contributed by atoms with Gasteiger partial charge in [-0.1, -0.05) is 23.8 Å². The summed E-state index contributed by atoms with van der Waals surface area (Å²) in [4.78, 5) is 10.3. The smallest absolute Gasteiger partial charge is 0.303 e. The molecule has 0 radical (unpaired) electrons. The molecule has 3 nitrogen and oxygen atoms in total. The van der Waals surface area contributed by atoms with Gasteiger partial charge in [0.25, 0.3) is 0 Å². The summed E-state index contributed by atoms with van der Waals surface area (Å²) in [5.74, 6) is -0.703. The molecule has 0 aliphatic heterocycles. The van der Waals surface area contributed by atoms with E-state index in [2.05, 4.69) is 37.4 Å². The first kappa shape index (κ1) is 14.7. The number of nitrogens with one attached hydrogen (secondary N) is 1. The highest BCUT2D eigenvalue weighted by Crippen LogP contribution is 2.10. The monoisotopic (exact) mass is 249 g/mol. The molecule has 0 saturated carbocycles. The van der Waals surface area contributed by atoms with E-state index < -0.39 is 5.97 Å². The summed E-state index contributed by atoms with van der Waals surface area (Å²) in [6.07, 6.45) is 3.00. The molecular formula is C15H23NO2. The SMILES string of the molecule is Cc1ccc(C)c(CCNCCCCC(=O)O)c1. The van der Waals surface area contributed by atoms with Crippen molar-refractivity contribution in [2.24, 2.45) is 0 Å². The van der Waals surface area contributed by atoms with Crippen LogP contribution < -0.4 is 5.32 Å². The third-order valence-electron chi connectivity index (χ3n) is 3.07. The second-order valence-electron chi connectivity index (χ2n) is 4.78. The Balaban J connectivity index is 2.14. The number of carboxylic acid groups (broad SMARTS) is 1. The summed E-state index contributed by atoms with van der Waals surface area (Å²) in [5.41, 5.74) is 4.04. The van der Waals surface area contributed by atoms with Gasteiger partial charge in [-0.15, -0.1) is 0 Å². The van der Waals surface area contributed by atoms with Gasteiger partial charge in [0.2, 0.25) is 0 Å². The summed E-state index contributed by atoms with van der Waals surface area (Å²) in [6, 6.07) is 6.54. The van der Waals surface area contributed by atoms with Gasteiger partial charge in [0, 0.05) is 6.42 Å². The van der Waals surface area contributed by atoms with Crippen molar-refractivity contribution in [3.63, 3.8) is 0 Å². The predicted molar refractivity (Wildman–Crippen MR) is 74.0 cm³/mol. The van der Waals surface area contributed by atoms with Gasteiger partial charge < -0.3 is 10.4 Å². The summed E-state index contributed by atoms with van der Waals surface area (Å²) in [6.45, 7) is 6.11. The number of rotatable bonds is 8. The second-order valence-corrected chi connectivity index (χ2v) is 4.78. The van der Waals surface area contributed by atoms with Gasteiger partial charge in [0.15, 0.2) is 0 Å². The van der Waals surface area contributed by atoms with Gasteiger partial charge in [-0.3, -0.25) is 4.79 Å². The van der Waals surface area contributed by atoms with Crippen LogP contribution >= 0.6 is 0 Å². The van der Waals surface area contributed by atoms with Crippen molar-refractivity contribution in [3.05, 3.63) is 34.9 Å². The fraction of sp³-hybridized carbons (Fsp3) is 0.533. The van der Waals surface area contributed by atoms with E-state index in [9.17, 15) is 4.79 Å². The van der Waals surface area contributed by atoms with Crippen molar-refractivity contribution >= 4 is 5.97 Å². The maximum Gasteiger partial charge on any atom is 0.303 e. The van der Waals surface area contributed by atoms with Crippen molar-refractivity contribution in [2.75, 3.05) is 13.1 Å². The van der Waals surface area contributed by atoms with Crippen molar-refractivity contribution in [2.45, 2.75) is 39.5 Å². The third-order valence-corrected chi connectivity index (χ3v) is 3.07. The molecule has 0 aliphatic rings. The van der Waals surface area contributed by atoms with E-state index in [4.69, 9.17) is 5.11 Å². The molecule has 100 valence electrons. The normalized spacial score (nSPS) is 10.6. The van der Waals surface area contributed by atoms with Crippen LogP contribution in [0.5, 0.6) is 0 Å². The Labute approximate surface area is 109 Å². The Morgan fingerprint density at radius 3 is 2.72 bits per heavy atom. The fourth-order valence-electron chi connectivity index (χ4n) is 1.94. The van der Waals surface area contributed by atoms with Crippen molar-refractivity contribution in [1.29, 1.82) is 0 Å². The van der Waals surface area contributed by atoms with E-state index in [1.165, 1.54) is 16.7 Å². The van der Waals surface area contributed by atoms with Gasteiger partial charge >= 0.3 is 5.97 Å². The molecule has 0 aliphatic carbocycles. The lowest BCUT2D eigenvalue weighted by molar-refractivity contribution is -0.137. The minimum atomic E-state index is -0.703. The molecule has 0 amide bonds. The Hall–Kier alpha value is -1.35. The van der Waals surface area contributed by atoms with E-state index in [0.717, 1.165) is 32.4 Å². The Morgan fingerprint density at radius 2 is 2.00 bits per heavy atom. The van der Waals surface area contributed by atoms with Gasteiger partial charge in [-0.25, -0.2) is 0 Å². The zero-order valence-corrected chi connectivity index (χ0v) is 11.3. The summed E-state index contributed by atoms with van der Waals surface area (Å²) >= 11 is 0. The van der Waals surface area contributed by atoms with Gasteiger partial charge in [-0.2, -0.15) is 0 Å². The molecule has 3 heteroatoms. The van der Waals surface area contributed by atoms with Crippen molar-refractivity contribution in [3.8, 4) is 0 Å². The molecule has 1 aromatic carbocycles. The predicted octanol–water partition coefficient (Wildman–Crippen LogP) is 2.69. The first-order valence-electron chi connectivity index (χ1n) is 6.58. The standard InChI is InChI=1S/C15H23NO2/c1-12-6-7-13(2)14(11-12)8-10-16-9-4-3-5-15(17)18/h6-7,11,16H,3-5,8-10H2,1-2H3,(H,17,18). The molecule has 2 N–H and O–H groups in total. The maximum absolute atomic E-state index is 10.3. The average Bonchev–Trinajstić information content (AvgIpc) is 2.32. The van der Waals surface area contributed by atoms with Crippen LogP contribution in [0, 0.1) is 13.8 Å². The minimum absolute atomic E-state index is 0.276. The number of unbranched alkanes of at least 4 members (excludes halogenated alkanes) is 1. The van der Waals surface area contributed by atoms with Crippen LogP contribution in [-0.2, 0) is 11.2 Å². The van der Waals surface area contributed by atoms with Gasteiger partial charge in [-0.05, 0) is 57.3 Å². The van der Waals surface area contributed by atoms with E-state index in [1.807, 2.05) is 0 Å². The lowest BCUT2D eigenvalue weighted by Gasteiger charge is -2.08. The van der Waals surface area contributed by atoms with E-state index in [0.29, 0.717) is 0 Å².